The molecule has 8 nitrogen and oxygen atoms in total. The molecule has 2 aliphatic rings. The van der Waals surface area contributed by atoms with Crippen LogP contribution in [0.5, 0.6) is 0 Å². The number of carbonyl (C=O) groups is 1. The molecule has 8 heteroatoms. The van der Waals surface area contributed by atoms with Gasteiger partial charge in [-0.15, -0.1) is 0 Å². The zero-order valence-corrected chi connectivity index (χ0v) is 14.3. The molecule has 1 atom stereocenters. The lowest BCUT2D eigenvalue weighted by Gasteiger charge is -2.54. The average molecular weight is 352 g/mol. The highest BCUT2D eigenvalue weighted by atomic mass is 16.5. The van der Waals surface area contributed by atoms with Crippen molar-refractivity contribution in [1.82, 2.24) is 20.5 Å². The van der Waals surface area contributed by atoms with Gasteiger partial charge in [0, 0.05) is 38.2 Å². The molecule has 0 bridgehead atoms. The van der Waals surface area contributed by atoms with E-state index in [0.717, 1.165) is 38.0 Å². The lowest BCUT2D eigenvalue weighted by Crippen LogP contribution is -2.66. The Bertz CT molecular complexity index is 822. The number of H-pyrrole nitrogens is 1. The summed E-state index contributed by atoms with van der Waals surface area (Å²) in [4.78, 5) is 18.2. The molecule has 1 unspecified atom stereocenters. The number of aromatic amines is 1. The van der Waals surface area contributed by atoms with Gasteiger partial charge in [0.25, 0.3) is 5.91 Å². The number of carbonyl (C=O) groups excluding carboxylic acids is 1. The van der Waals surface area contributed by atoms with Crippen LogP contribution in [-0.2, 0) is 4.74 Å². The van der Waals surface area contributed by atoms with Crippen molar-refractivity contribution < 1.29 is 9.53 Å². The lowest BCUT2D eigenvalue weighted by atomic mass is 9.84. The Kier molecular flexibility index (Phi) is 4.31. The zero-order chi connectivity index (χ0) is 18.0. The minimum atomic E-state index is -0.183. The van der Waals surface area contributed by atoms with Crippen LogP contribution in [-0.4, -0.2) is 52.4 Å². The van der Waals surface area contributed by atoms with Crippen molar-refractivity contribution in [2.24, 2.45) is 0 Å². The topological polar surface area (TPSA) is 107 Å². The molecular formula is C18H20N6O2. The fourth-order valence-electron chi connectivity index (χ4n) is 3.75. The molecule has 0 saturated carbocycles. The van der Waals surface area contributed by atoms with Gasteiger partial charge in [0.15, 0.2) is 0 Å². The minimum Gasteiger partial charge on any atom is -0.366 e. The zero-order valence-electron chi connectivity index (χ0n) is 14.3. The van der Waals surface area contributed by atoms with Crippen LogP contribution < -0.4 is 10.2 Å². The summed E-state index contributed by atoms with van der Waals surface area (Å²) in [6, 6.07) is 5.70. The van der Waals surface area contributed by atoms with Crippen LogP contribution in [0.25, 0.3) is 0 Å². The number of nitrogens with zero attached hydrogens (tertiary/aromatic N) is 4. The Morgan fingerprint density at radius 1 is 1.46 bits per heavy atom. The van der Waals surface area contributed by atoms with Crippen molar-refractivity contribution in [2.75, 3.05) is 24.5 Å². The smallest absolute Gasteiger partial charge is 0.269 e. The maximum Gasteiger partial charge on any atom is 0.269 e. The molecule has 26 heavy (non-hydrogen) atoms. The second-order valence-electron chi connectivity index (χ2n) is 6.86. The number of pyridine rings is 1. The normalized spacial score (nSPS) is 21.0. The van der Waals surface area contributed by atoms with E-state index >= 15 is 0 Å². The van der Waals surface area contributed by atoms with Gasteiger partial charge in [-0.1, -0.05) is 0 Å². The first-order valence-electron chi connectivity index (χ1n) is 8.74. The third-order valence-electron chi connectivity index (χ3n) is 5.03. The Balaban J connectivity index is 1.33. The summed E-state index contributed by atoms with van der Waals surface area (Å²) in [6.45, 7) is 2.01. The Morgan fingerprint density at radius 3 is 3.12 bits per heavy atom. The highest BCUT2D eigenvalue weighted by molar-refractivity contribution is 5.92. The van der Waals surface area contributed by atoms with E-state index in [1.165, 1.54) is 0 Å². The summed E-state index contributed by atoms with van der Waals surface area (Å²) in [6.07, 6.45) is 7.86. The highest BCUT2D eigenvalue weighted by Crippen LogP contribution is 2.39. The van der Waals surface area contributed by atoms with Crippen LogP contribution in [0.1, 0.15) is 35.3 Å². The number of hydrogen-bond acceptors (Lipinski definition) is 6. The van der Waals surface area contributed by atoms with Crippen molar-refractivity contribution in [3.8, 4) is 6.07 Å². The number of amides is 1. The van der Waals surface area contributed by atoms with E-state index in [0.29, 0.717) is 17.8 Å². The van der Waals surface area contributed by atoms with Gasteiger partial charge < -0.3 is 15.0 Å². The van der Waals surface area contributed by atoms with Crippen LogP contribution >= 0.6 is 0 Å². The number of ether oxygens (including phenoxy) is 1. The van der Waals surface area contributed by atoms with Gasteiger partial charge in [0.1, 0.15) is 17.4 Å². The predicted molar refractivity (Wildman–Crippen MR) is 93.5 cm³/mol. The summed E-state index contributed by atoms with van der Waals surface area (Å²) >= 11 is 0. The van der Waals surface area contributed by atoms with Crippen molar-refractivity contribution in [1.29, 1.82) is 5.26 Å². The second-order valence-corrected chi connectivity index (χ2v) is 6.86. The van der Waals surface area contributed by atoms with Crippen molar-refractivity contribution in [3.63, 3.8) is 0 Å². The van der Waals surface area contributed by atoms with Crippen LogP contribution in [0, 0.1) is 11.3 Å². The van der Waals surface area contributed by atoms with Gasteiger partial charge >= 0.3 is 0 Å². The molecule has 2 aromatic rings. The second kappa shape index (κ2) is 6.77. The van der Waals surface area contributed by atoms with Crippen molar-refractivity contribution in [2.45, 2.75) is 31.0 Å². The van der Waals surface area contributed by atoms with E-state index < -0.39 is 0 Å². The molecule has 2 aliphatic heterocycles. The van der Waals surface area contributed by atoms with E-state index in [-0.39, 0.29) is 17.6 Å². The third-order valence-corrected chi connectivity index (χ3v) is 5.03. The number of rotatable bonds is 4. The molecule has 2 saturated heterocycles. The molecular weight excluding hydrogens is 332 g/mol. The molecule has 2 fully saturated rings. The molecule has 134 valence electrons. The fraction of sp³-hybridized carbons (Fsp3) is 0.444. The predicted octanol–water partition coefficient (Wildman–Crippen LogP) is 1.23. The first kappa shape index (κ1) is 16.5. The van der Waals surface area contributed by atoms with Crippen molar-refractivity contribution in [3.05, 3.63) is 42.0 Å². The van der Waals surface area contributed by atoms with Gasteiger partial charge in [-0.25, -0.2) is 0 Å². The first-order valence-corrected chi connectivity index (χ1v) is 8.74. The Hall–Kier alpha value is -2.92. The quantitative estimate of drug-likeness (QED) is 0.857. The van der Waals surface area contributed by atoms with E-state index in [1.807, 2.05) is 6.07 Å². The molecule has 2 aromatic heterocycles. The van der Waals surface area contributed by atoms with E-state index in [1.54, 1.807) is 24.7 Å². The number of aromatic nitrogens is 3. The maximum atomic E-state index is 12.0. The summed E-state index contributed by atoms with van der Waals surface area (Å²) in [5.41, 5.74) is 1.76. The largest absolute Gasteiger partial charge is 0.366 e. The molecule has 0 radical (unpaired) electrons. The number of nitrogens with one attached hydrogen (secondary N) is 2. The summed E-state index contributed by atoms with van der Waals surface area (Å²) in [5.74, 6) is -0.170. The minimum absolute atomic E-state index is 0.00523. The van der Waals surface area contributed by atoms with E-state index in [9.17, 15) is 10.1 Å². The molecule has 0 aliphatic carbocycles. The molecule has 1 spiro atoms. The Morgan fingerprint density at radius 2 is 2.35 bits per heavy atom. The van der Waals surface area contributed by atoms with Gasteiger partial charge in [0.2, 0.25) is 0 Å². The van der Waals surface area contributed by atoms with Crippen LogP contribution in [0.2, 0.25) is 0 Å². The average Bonchev–Trinajstić information content (AvgIpc) is 3.19. The SMILES string of the molecule is N#Cc1cnccc1N1CC2(CCCC(CNC(=O)c3ccn[nH]3)O2)C1. The van der Waals surface area contributed by atoms with Gasteiger partial charge in [-0.3, -0.25) is 14.9 Å². The molecule has 4 heterocycles. The molecule has 0 aromatic carbocycles. The summed E-state index contributed by atoms with van der Waals surface area (Å²) in [7, 11) is 0. The lowest BCUT2D eigenvalue weighted by molar-refractivity contribution is -0.139. The fourth-order valence-corrected chi connectivity index (χ4v) is 3.75. The number of anilines is 1. The number of nitriles is 1. The van der Waals surface area contributed by atoms with Crippen LogP contribution in [0.3, 0.4) is 0 Å². The molecule has 1 amide bonds. The highest BCUT2D eigenvalue weighted by Gasteiger charge is 2.47. The van der Waals surface area contributed by atoms with E-state index in [4.69, 9.17) is 4.74 Å². The number of hydrogen-bond donors (Lipinski definition) is 2. The van der Waals surface area contributed by atoms with Gasteiger partial charge in [0.05, 0.1) is 17.4 Å². The third kappa shape index (κ3) is 3.13. The van der Waals surface area contributed by atoms with Crippen LogP contribution in [0.4, 0.5) is 5.69 Å². The standard InChI is InChI=1S/C18H20N6O2/c19-8-13-9-20-6-4-16(13)24-11-18(12-24)5-1-2-14(26-18)10-21-17(25)15-3-7-22-23-15/h3-4,6-7,9,14H,1-2,5,10-12H2,(H,21,25)(H,22,23). The first-order chi connectivity index (χ1) is 12.7. The van der Waals surface area contributed by atoms with Crippen LogP contribution in [0.15, 0.2) is 30.7 Å². The summed E-state index contributed by atoms with van der Waals surface area (Å²) in [5, 5.41) is 18.6. The van der Waals surface area contributed by atoms with Gasteiger partial charge in [-0.05, 0) is 31.4 Å². The molecule has 2 N–H and O–H groups in total. The summed E-state index contributed by atoms with van der Waals surface area (Å²) < 4.78 is 6.32. The Labute approximate surface area is 151 Å². The maximum absolute atomic E-state index is 12.0. The monoisotopic (exact) mass is 352 g/mol. The van der Waals surface area contributed by atoms with Gasteiger partial charge in [-0.2, -0.15) is 10.4 Å². The van der Waals surface area contributed by atoms with Crippen molar-refractivity contribution >= 4 is 11.6 Å². The molecule has 4 rings (SSSR count). The van der Waals surface area contributed by atoms with E-state index in [2.05, 4.69) is 31.5 Å².